The van der Waals surface area contributed by atoms with Crippen LogP contribution in [0.3, 0.4) is 0 Å². The molecule has 2 fully saturated rings. The van der Waals surface area contributed by atoms with Crippen LogP contribution >= 0.6 is 11.8 Å². The fraction of sp³-hybridized carbons (Fsp3) is 0.933. The van der Waals surface area contributed by atoms with E-state index in [1.54, 1.807) is 0 Å². The van der Waals surface area contributed by atoms with Crippen molar-refractivity contribution in [2.75, 3.05) is 5.75 Å². The van der Waals surface area contributed by atoms with E-state index in [1.807, 2.05) is 11.8 Å². The molecule has 1 saturated heterocycles. The summed E-state index contributed by atoms with van der Waals surface area (Å²) in [5.74, 6) is 2.82. The molecule has 18 heavy (non-hydrogen) atoms. The molecule has 3 heteroatoms. The number of amidine groups is 1. The Morgan fingerprint density at radius 1 is 1.33 bits per heavy atom. The van der Waals surface area contributed by atoms with Crippen molar-refractivity contribution < 1.29 is 0 Å². The van der Waals surface area contributed by atoms with Crippen LogP contribution < -0.4 is 5.32 Å². The minimum Gasteiger partial charge on any atom is -0.361 e. The first-order valence-corrected chi connectivity index (χ1v) is 8.64. The molecule has 2 aliphatic rings. The Hall–Kier alpha value is -0.180. The van der Waals surface area contributed by atoms with E-state index in [0.29, 0.717) is 12.1 Å². The van der Waals surface area contributed by atoms with E-state index in [-0.39, 0.29) is 0 Å². The van der Waals surface area contributed by atoms with Gasteiger partial charge in [-0.1, -0.05) is 51.8 Å². The zero-order valence-corrected chi connectivity index (χ0v) is 12.9. The summed E-state index contributed by atoms with van der Waals surface area (Å²) >= 11 is 1.94. The second kappa shape index (κ2) is 6.83. The van der Waals surface area contributed by atoms with E-state index in [0.717, 1.165) is 11.8 Å². The summed E-state index contributed by atoms with van der Waals surface area (Å²) in [5.41, 5.74) is 0. The first-order valence-electron chi connectivity index (χ1n) is 7.66. The molecule has 1 saturated carbocycles. The van der Waals surface area contributed by atoms with E-state index in [4.69, 9.17) is 4.99 Å². The predicted octanol–water partition coefficient (Wildman–Crippen LogP) is 4.06. The van der Waals surface area contributed by atoms with Gasteiger partial charge in [-0.2, -0.15) is 0 Å². The first kappa shape index (κ1) is 14.2. The lowest BCUT2D eigenvalue weighted by Crippen LogP contribution is -2.30. The van der Waals surface area contributed by atoms with Crippen LogP contribution in [0, 0.1) is 11.8 Å². The molecular weight excluding hydrogens is 240 g/mol. The fourth-order valence-electron chi connectivity index (χ4n) is 3.19. The standard InChI is InChI=1S/C15H28N2S/c1-4-12-7-5-6-8-14(12)17-15-16-13(10-18-15)9-11(2)3/h11-14H,4-10H2,1-3H3,(H,16,17). The van der Waals surface area contributed by atoms with Crippen molar-refractivity contribution in [2.24, 2.45) is 16.8 Å². The van der Waals surface area contributed by atoms with Gasteiger partial charge < -0.3 is 5.32 Å². The Bertz CT molecular complexity index is 288. The average molecular weight is 268 g/mol. The molecule has 1 aliphatic heterocycles. The van der Waals surface area contributed by atoms with Crippen molar-refractivity contribution >= 4 is 16.9 Å². The van der Waals surface area contributed by atoms with Crippen molar-refractivity contribution in [1.29, 1.82) is 0 Å². The quantitative estimate of drug-likeness (QED) is 0.831. The number of nitrogens with zero attached hydrogens (tertiary/aromatic N) is 1. The number of hydrogen-bond donors (Lipinski definition) is 1. The van der Waals surface area contributed by atoms with Gasteiger partial charge in [0, 0.05) is 11.8 Å². The van der Waals surface area contributed by atoms with Gasteiger partial charge in [0.15, 0.2) is 5.17 Å². The molecule has 0 aromatic carbocycles. The predicted molar refractivity (Wildman–Crippen MR) is 82.3 cm³/mol. The molecule has 0 aromatic rings. The summed E-state index contributed by atoms with van der Waals surface area (Å²) in [4.78, 5) is 5.01. The van der Waals surface area contributed by atoms with Crippen LogP contribution in [0.5, 0.6) is 0 Å². The van der Waals surface area contributed by atoms with Gasteiger partial charge in [-0.15, -0.1) is 0 Å². The fourth-order valence-corrected chi connectivity index (χ4v) is 4.23. The summed E-state index contributed by atoms with van der Waals surface area (Å²) in [6.07, 6.45) is 8.04. The van der Waals surface area contributed by atoms with Crippen molar-refractivity contribution in [2.45, 2.75) is 71.4 Å². The van der Waals surface area contributed by atoms with Crippen molar-refractivity contribution in [1.82, 2.24) is 5.32 Å². The third-order valence-corrected chi connectivity index (χ3v) is 5.25. The van der Waals surface area contributed by atoms with Crippen LogP contribution in [0.1, 0.15) is 59.3 Å². The molecule has 3 unspecified atom stereocenters. The van der Waals surface area contributed by atoms with Gasteiger partial charge in [-0.05, 0) is 31.1 Å². The van der Waals surface area contributed by atoms with Gasteiger partial charge in [0.1, 0.15) is 0 Å². The molecule has 2 rings (SSSR count). The van der Waals surface area contributed by atoms with E-state index in [2.05, 4.69) is 26.1 Å². The Balaban J connectivity index is 1.89. The maximum atomic E-state index is 5.01. The second-order valence-electron chi connectivity index (χ2n) is 6.24. The normalized spacial score (nSPS) is 35.1. The van der Waals surface area contributed by atoms with Crippen LogP contribution in [0.25, 0.3) is 0 Å². The highest BCUT2D eigenvalue weighted by Gasteiger charge is 2.26. The monoisotopic (exact) mass is 268 g/mol. The van der Waals surface area contributed by atoms with Crippen molar-refractivity contribution in [3.05, 3.63) is 0 Å². The Kier molecular flexibility index (Phi) is 5.40. The number of thioether (sulfide) groups is 1. The van der Waals surface area contributed by atoms with Gasteiger partial charge in [0.25, 0.3) is 0 Å². The van der Waals surface area contributed by atoms with E-state index in [1.165, 1.54) is 49.4 Å². The average Bonchev–Trinajstić information content (AvgIpc) is 2.76. The molecule has 3 atom stereocenters. The molecule has 0 spiro atoms. The Morgan fingerprint density at radius 2 is 2.11 bits per heavy atom. The molecule has 0 amide bonds. The molecule has 2 nitrogen and oxygen atoms in total. The molecule has 1 heterocycles. The van der Waals surface area contributed by atoms with Gasteiger partial charge in [0.2, 0.25) is 0 Å². The lowest BCUT2D eigenvalue weighted by atomic mass is 9.83. The number of rotatable bonds is 4. The van der Waals surface area contributed by atoms with E-state index in [9.17, 15) is 0 Å². The SMILES string of the molecule is CCC1CCCCC1N=C1NC(CC(C)C)CS1. The van der Waals surface area contributed by atoms with E-state index < -0.39 is 0 Å². The van der Waals surface area contributed by atoms with Gasteiger partial charge in [-0.25, -0.2) is 0 Å². The van der Waals surface area contributed by atoms with Crippen molar-refractivity contribution in [3.63, 3.8) is 0 Å². The molecule has 104 valence electrons. The summed E-state index contributed by atoms with van der Waals surface area (Å²) in [6, 6.07) is 1.24. The van der Waals surface area contributed by atoms with Crippen LogP contribution in [0.4, 0.5) is 0 Å². The van der Waals surface area contributed by atoms with Crippen LogP contribution in [0.15, 0.2) is 4.99 Å². The number of hydrogen-bond acceptors (Lipinski definition) is 2. The van der Waals surface area contributed by atoms with Gasteiger partial charge >= 0.3 is 0 Å². The van der Waals surface area contributed by atoms with Crippen LogP contribution in [-0.2, 0) is 0 Å². The molecule has 1 N–H and O–H groups in total. The number of nitrogens with one attached hydrogen (secondary N) is 1. The Labute approximate surface area is 116 Å². The summed E-state index contributed by atoms with van der Waals surface area (Å²) < 4.78 is 0. The van der Waals surface area contributed by atoms with Gasteiger partial charge in [-0.3, -0.25) is 4.99 Å². The highest BCUT2D eigenvalue weighted by molar-refractivity contribution is 8.14. The molecule has 0 bridgehead atoms. The smallest absolute Gasteiger partial charge is 0.157 e. The van der Waals surface area contributed by atoms with Crippen LogP contribution in [0.2, 0.25) is 0 Å². The number of aliphatic imine (C=N–C) groups is 1. The largest absolute Gasteiger partial charge is 0.361 e. The first-order chi connectivity index (χ1) is 8.69. The topological polar surface area (TPSA) is 24.4 Å². The maximum absolute atomic E-state index is 5.01. The van der Waals surface area contributed by atoms with Gasteiger partial charge in [0.05, 0.1) is 6.04 Å². The summed E-state index contributed by atoms with van der Waals surface area (Å²) in [6.45, 7) is 6.92. The third-order valence-electron chi connectivity index (χ3n) is 4.18. The highest BCUT2D eigenvalue weighted by Crippen LogP contribution is 2.30. The Morgan fingerprint density at radius 3 is 2.83 bits per heavy atom. The lowest BCUT2D eigenvalue weighted by molar-refractivity contribution is 0.302. The zero-order chi connectivity index (χ0) is 13.0. The molecule has 0 aromatic heterocycles. The zero-order valence-electron chi connectivity index (χ0n) is 12.1. The van der Waals surface area contributed by atoms with Crippen molar-refractivity contribution in [3.8, 4) is 0 Å². The molecule has 0 radical (unpaired) electrons. The minimum absolute atomic E-state index is 0.594. The lowest BCUT2D eigenvalue weighted by Gasteiger charge is -2.28. The second-order valence-corrected chi connectivity index (χ2v) is 7.24. The van der Waals surface area contributed by atoms with Crippen LogP contribution in [-0.4, -0.2) is 23.0 Å². The summed E-state index contributed by atoms with van der Waals surface area (Å²) in [7, 11) is 0. The molecule has 1 aliphatic carbocycles. The minimum atomic E-state index is 0.594. The maximum Gasteiger partial charge on any atom is 0.157 e. The highest BCUT2D eigenvalue weighted by atomic mass is 32.2. The molecular formula is C15H28N2S. The third kappa shape index (κ3) is 3.91. The summed E-state index contributed by atoms with van der Waals surface area (Å²) in [5, 5.41) is 4.85. The van der Waals surface area contributed by atoms with E-state index >= 15 is 0 Å².